The van der Waals surface area contributed by atoms with Crippen LogP contribution in [0.4, 0.5) is 0 Å². The van der Waals surface area contributed by atoms with Crippen molar-refractivity contribution in [3.63, 3.8) is 0 Å². The number of carbonyl (C=O) groups is 1. The summed E-state index contributed by atoms with van der Waals surface area (Å²) in [5.74, 6) is 0.898. The second kappa shape index (κ2) is 7.06. The number of hydrogen-bond acceptors (Lipinski definition) is 4. The molecule has 118 valence electrons. The molecule has 0 aliphatic carbocycles. The van der Waals surface area contributed by atoms with Gasteiger partial charge < -0.3 is 14.2 Å². The van der Waals surface area contributed by atoms with Gasteiger partial charge in [-0.05, 0) is 35.9 Å². The van der Waals surface area contributed by atoms with Crippen molar-refractivity contribution < 1.29 is 19.0 Å². The fraction of sp³-hybridized carbons (Fsp3) is 0.118. The highest BCUT2D eigenvalue weighted by molar-refractivity contribution is 9.10. The third-order valence-electron chi connectivity index (χ3n) is 3.19. The Hall–Kier alpha value is -1.98. The minimum atomic E-state index is -0.426. The third-order valence-corrected chi connectivity index (χ3v) is 4.18. The molecule has 1 aliphatic heterocycles. The molecule has 1 heterocycles. The lowest BCUT2D eigenvalue weighted by Crippen LogP contribution is -2.01. The van der Waals surface area contributed by atoms with Crippen molar-refractivity contribution in [1.29, 1.82) is 0 Å². The highest BCUT2D eigenvalue weighted by Gasteiger charge is 2.16. The Labute approximate surface area is 146 Å². The van der Waals surface area contributed by atoms with Crippen molar-refractivity contribution in [2.45, 2.75) is 6.61 Å². The summed E-state index contributed by atoms with van der Waals surface area (Å²) in [6.07, 6.45) is 3.05. The molecular weight excluding hydrogens is 384 g/mol. The predicted octanol–water partition coefficient (Wildman–Crippen LogP) is 4.59. The first-order valence-corrected chi connectivity index (χ1v) is 7.97. The van der Waals surface area contributed by atoms with Gasteiger partial charge in [-0.15, -0.1) is 0 Å². The highest BCUT2D eigenvalue weighted by Crippen LogP contribution is 2.37. The molecule has 23 heavy (non-hydrogen) atoms. The molecular formula is C17H12BrClO4. The quantitative estimate of drug-likeness (QED) is 0.561. The number of ether oxygens (including phenoxy) is 3. The average molecular weight is 396 g/mol. The van der Waals surface area contributed by atoms with E-state index in [-0.39, 0.29) is 13.4 Å². The van der Waals surface area contributed by atoms with Crippen molar-refractivity contribution in [2.75, 3.05) is 6.79 Å². The van der Waals surface area contributed by atoms with E-state index in [4.69, 9.17) is 25.8 Å². The van der Waals surface area contributed by atoms with Crippen LogP contribution < -0.4 is 9.47 Å². The van der Waals surface area contributed by atoms with E-state index in [2.05, 4.69) is 15.9 Å². The molecule has 2 aromatic carbocycles. The molecule has 0 bridgehead atoms. The zero-order valence-corrected chi connectivity index (χ0v) is 14.3. The van der Waals surface area contributed by atoms with E-state index in [1.165, 1.54) is 6.08 Å². The minimum absolute atomic E-state index is 0.140. The zero-order chi connectivity index (χ0) is 16.2. The maximum absolute atomic E-state index is 11.8. The van der Waals surface area contributed by atoms with Crippen molar-refractivity contribution in [3.05, 3.63) is 63.1 Å². The fourth-order valence-corrected chi connectivity index (χ4v) is 2.57. The van der Waals surface area contributed by atoms with Gasteiger partial charge in [-0.1, -0.05) is 39.7 Å². The van der Waals surface area contributed by atoms with Crippen LogP contribution in [0.25, 0.3) is 6.08 Å². The summed E-state index contributed by atoms with van der Waals surface area (Å²) >= 11 is 9.23. The van der Waals surface area contributed by atoms with Gasteiger partial charge in [0, 0.05) is 21.1 Å². The molecule has 0 radical (unpaired) electrons. The highest BCUT2D eigenvalue weighted by atomic mass is 79.9. The largest absolute Gasteiger partial charge is 0.458 e. The minimum Gasteiger partial charge on any atom is -0.458 e. The maximum atomic E-state index is 11.8. The monoisotopic (exact) mass is 394 g/mol. The molecule has 3 rings (SSSR count). The molecule has 2 aromatic rings. The van der Waals surface area contributed by atoms with E-state index < -0.39 is 5.97 Å². The molecule has 0 amide bonds. The van der Waals surface area contributed by atoms with Crippen LogP contribution in [-0.2, 0) is 16.1 Å². The fourth-order valence-electron chi connectivity index (χ4n) is 2.01. The summed E-state index contributed by atoms with van der Waals surface area (Å²) in [4.78, 5) is 11.8. The van der Waals surface area contributed by atoms with Gasteiger partial charge in [-0.2, -0.15) is 0 Å². The number of benzene rings is 2. The lowest BCUT2D eigenvalue weighted by Gasteiger charge is -2.06. The molecule has 1 aliphatic rings. The molecule has 0 fully saturated rings. The molecule has 0 unspecified atom stereocenters. The number of hydrogen-bond donors (Lipinski definition) is 0. The molecule has 0 spiro atoms. The summed E-state index contributed by atoms with van der Waals surface area (Å²) in [5.41, 5.74) is 1.68. The maximum Gasteiger partial charge on any atom is 0.331 e. The van der Waals surface area contributed by atoms with Crippen molar-refractivity contribution in [3.8, 4) is 11.5 Å². The van der Waals surface area contributed by atoms with Crippen molar-refractivity contribution >= 4 is 39.6 Å². The smallest absolute Gasteiger partial charge is 0.331 e. The van der Waals surface area contributed by atoms with E-state index in [1.807, 2.05) is 12.1 Å². The second-order valence-electron chi connectivity index (χ2n) is 4.79. The van der Waals surface area contributed by atoms with Gasteiger partial charge in [0.05, 0.1) is 0 Å². The average Bonchev–Trinajstić information content (AvgIpc) is 2.99. The summed E-state index contributed by atoms with van der Waals surface area (Å²) in [6, 6.07) is 10.8. The van der Waals surface area contributed by atoms with Crippen LogP contribution in [0.3, 0.4) is 0 Å². The van der Waals surface area contributed by atoms with E-state index in [9.17, 15) is 4.79 Å². The summed E-state index contributed by atoms with van der Waals surface area (Å²) in [5, 5.41) is 0.650. The number of halogens is 2. The third kappa shape index (κ3) is 4.06. The van der Waals surface area contributed by atoms with Crippen LogP contribution in [0.15, 0.2) is 46.9 Å². The molecule has 0 atom stereocenters. The van der Waals surface area contributed by atoms with Crippen LogP contribution in [0, 0.1) is 0 Å². The molecule has 0 aromatic heterocycles. The summed E-state index contributed by atoms with van der Waals surface area (Å²) < 4.78 is 16.6. The Morgan fingerprint density at radius 2 is 1.91 bits per heavy atom. The van der Waals surface area contributed by atoms with E-state index >= 15 is 0 Å². The zero-order valence-electron chi connectivity index (χ0n) is 11.9. The van der Waals surface area contributed by atoms with E-state index in [0.717, 1.165) is 15.6 Å². The van der Waals surface area contributed by atoms with Gasteiger partial charge in [0.25, 0.3) is 0 Å². The van der Waals surface area contributed by atoms with E-state index in [1.54, 1.807) is 30.3 Å². The molecule has 4 nitrogen and oxygen atoms in total. The van der Waals surface area contributed by atoms with Gasteiger partial charge in [-0.3, -0.25) is 0 Å². The first-order valence-electron chi connectivity index (χ1n) is 6.80. The van der Waals surface area contributed by atoms with Crippen LogP contribution in [-0.4, -0.2) is 12.8 Å². The Kier molecular flexibility index (Phi) is 4.88. The number of carbonyl (C=O) groups excluding carboxylic acids is 1. The second-order valence-corrected chi connectivity index (χ2v) is 6.08. The van der Waals surface area contributed by atoms with Gasteiger partial charge in [0.1, 0.15) is 6.61 Å². The van der Waals surface area contributed by atoms with Gasteiger partial charge >= 0.3 is 5.97 Å². The molecule has 6 heteroatoms. The Bertz CT molecular complexity index is 756. The van der Waals surface area contributed by atoms with Gasteiger partial charge in [-0.25, -0.2) is 4.79 Å². The van der Waals surface area contributed by atoms with Gasteiger partial charge in [0.2, 0.25) is 6.79 Å². The number of esters is 1. The van der Waals surface area contributed by atoms with Crippen molar-refractivity contribution in [1.82, 2.24) is 0 Å². The predicted molar refractivity (Wildman–Crippen MR) is 90.5 cm³/mol. The number of fused-ring (bicyclic) bond motifs is 1. The van der Waals surface area contributed by atoms with E-state index in [0.29, 0.717) is 16.5 Å². The Balaban J connectivity index is 1.60. The summed E-state index contributed by atoms with van der Waals surface area (Å²) in [6.45, 7) is 0.343. The lowest BCUT2D eigenvalue weighted by molar-refractivity contribution is -0.138. The normalized spacial score (nSPS) is 12.6. The number of rotatable bonds is 4. The molecule has 0 saturated heterocycles. The van der Waals surface area contributed by atoms with Crippen LogP contribution in [0.5, 0.6) is 11.5 Å². The Morgan fingerprint density at radius 3 is 2.65 bits per heavy atom. The summed E-state index contributed by atoms with van der Waals surface area (Å²) in [7, 11) is 0. The standard InChI is InChI=1S/C17H12BrClO4/c18-14-8-16-15(22-10-23-16)7-12(14)9-21-17(20)6-3-11-1-4-13(19)5-2-11/h1-8H,9-10H2/b6-3+. The molecule has 0 N–H and O–H groups in total. The Morgan fingerprint density at radius 1 is 1.22 bits per heavy atom. The first kappa shape index (κ1) is 15.9. The topological polar surface area (TPSA) is 44.8 Å². The van der Waals surface area contributed by atoms with Crippen molar-refractivity contribution in [2.24, 2.45) is 0 Å². The van der Waals surface area contributed by atoms with Gasteiger partial charge in [0.15, 0.2) is 11.5 Å². The first-order chi connectivity index (χ1) is 11.1. The molecule has 0 saturated carbocycles. The van der Waals surface area contributed by atoms with Crippen LogP contribution in [0.1, 0.15) is 11.1 Å². The van der Waals surface area contributed by atoms with Crippen LogP contribution in [0.2, 0.25) is 5.02 Å². The van der Waals surface area contributed by atoms with Crippen LogP contribution >= 0.6 is 27.5 Å². The SMILES string of the molecule is O=C(/C=C/c1ccc(Cl)cc1)OCc1cc2c(cc1Br)OCO2. The lowest BCUT2D eigenvalue weighted by atomic mass is 10.2.